The number of carboxylic acid groups (broad SMARTS) is 1. The largest absolute Gasteiger partial charge is 0.481 e. The molecule has 0 aliphatic carbocycles. The van der Waals surface area contributed by atoms with Gasteiger partial charge in [-0.1, -0.05) is 55.0 Å². The molecule has 0 atom stereocenters. The topological polar surface area (TPSA) is 57.5 Å². The lowest BCUT2D eigenvalue weighted by Crippen LogP contribution is -1.92. The minimum absolute atomic E-state index is 0.267. The molecule has 0 rings (SSSR count). The van der Waals surface area contributed by atoms with Crippen LogP contribution in [0.5, 0.6) is 0 Å². The minimum atomic E-state index is -0.712. The van der Waals surface area contributed by atoms with Crippen molar-refractivity contribution in [2.75, 3.05) is 6.61 Å². The van der Waals surface area contributed by atoms with Crippen molar-refractivity contribution in [2.24, 2.45) is 0 Å². The number of aliphatic carboxylic acids is 1. The minimum Gasteiger partial charge on any atom is -0.481 e. The monoisotopic (exact) mass is 320 g/mol. The molecular weight excluding hydrogens is 288 g/mol. The third kappa shape index (κ3) is 20.4. The highest BCUT2D eigenvalue weighted by Gasteiger charge is 1.93. The molecule has 0 saturated carbocycles. The number of carbonyl (C=O) groups is 1. The Labute approximate surface area is 141 Å². The van der Waals surface area contributed by atoms with E-state index in [1.807, 2.05) is 18.2 Å². The summed E-state index contributed by atoms with van der Waals surface area (Å²) in [6.45, 7) is 0.307. The van der Waals surface area contributed by atoms with Crippen LogP contribution in [0.15, 0.2) is 48.6 Å². The average molecular weight is 320 g/mol. The molecule has 2 N–H and O–H groups in total. The Hall–Kier alpha value is -1.61. The zero-order chi connectivity index (χ0) is 17.0. The van der Waals surface area contributed by atoms with Crippen LogP contribution in [0.25, 0.3) is 0 Å². The summed E-state index contributed by atoms with van der Waals surface area (Å²) >= 11 is 0. The maximum atomic E-state index is 10.3. The van der Waals surface area contributed by atoms with Crippen molar-refractivity contribution in [1.29, 1.82) is 0 Å². The summed E-state index contributed by atoms with van der Waals surface area (Å²) in [6, 6.07) is 0. The molecule has 0 aliphatic heterocycles. The quantitative estimate of drug-likeness (QED) is 0.248. The lowest BCUT2D eigenvalue weighted by atomic mass is 10.2. The molecule has 0 aliphatic rings. The van der Waals surface area contributed by atoms with Gasteiger partial charge in [0.05, 0.1) is 0 Å². The van der Waals surface area contributed by atoms with Gasteiger partial charge in [0.2, 0.25) is 0 Å². The molecule has 0 aromatic heterocycles. The predicted octanol–water partition coefficient (Wildman–Crippen LogP) is 5.19. The lowest BCUT2D eigenvalue weighted by Gasteiger charge is -1.93. The number of carboxylic acids is 1. The van der Waals surface area contributed by atoms with Crippen LogP contribution in [0.4, 0.5) is 0 Å². The molecule has 0 bridgehead atoms. The molecule has 0 spiro atoms. The Morgan fingerprint density at radius 3 is 1.91 bits per heavy atom. The third-order valence-corrected chi connectivity index (χ3v) is 3.31. The molecule has 3 heteroatoms. The number of aliphatic hydroxyl groups is 1. The Bertz CT molecular complexity index is 378. The highest BCUT2D eigenvalue weighted by molar-refractivity contribution is 5.66. The van der Waals surface area contributed by atoms with Crippen molar-refractivity contribution in [1.82, 2.24) is 0 Å². The second kappa shape index (κ2) is 18.4. The van der Waals surface area contributed by atoms with E-state index in [-0.39, 0.29) is 6.42 Å². The van der Waals surface area contributed by atoms with Gasteiger partial charge in [0, 0.05) is 13.0 Å². The van der Waals surface area contributed by atoms with Gasteiger partial charge in [-0.15, -0.1) is 0 Å². The Morgan fingerprint density at radius 1 is 0.652 bits per heavy atom. The average Bonchev–Trinajstić information content (AvgIpc) is 2.53. The summed E-state index contributed by atoms with van der Waals surface area (Å²) in [5.74, 6) is -0.712. The van der Waals surface area contributed by atoms with Crippen LogP contribution in [-0.4, -0.2) is 22.8 Å². The molecule has 130 valence electrons. The molecular formula is C20H32O3. The molecule has 23 heavy (non-hydrogen) atoms. The van der Waals surface area contributed by atoms with Crippen molar-refractivity contribution >= 4 is 5.97 Å². The first kappa shape index (κ1) is 21.4. The molecule has 0 aromatic rings. The van der Waals surface area contributed by atoms with E-state index in [9.17, 15) is 4.79 Å². The van der Waals surface area contributed by atoms with E-state index in [0.717, 1.165) is 57.8 Å². The van der Waals surface area contributed by atoms with Gasteiger partial charge in [-0.25, -0.2) is 0 Å². The fourth-order valence-electron chi connectivity index (χ4n) is 2.00. The molecule has 0 radical (unpaired) electrons. The van der Waals surface area contributed by atoms with Crippen LogP contribution in [0.1, 0.15) is 64.2 Å². The van der Waals surface area contributed by atoms with E-state index in [1.165, 1.54) is 0 Å². The van der Waals surface area contributed by atoms with Crippen molar-refractivity contribution in [3.63, 3.8) is 0 Å². The van der Waals surface area contributed by atoms with Crippen LogP contribution in [0.3, 0.4) is 0 Å². The van der Waals surface area contributed by atoms with Gasteiger partial charge in [0.1, 0.15) is 0 Å². The fraction of sp³-hybridized carbons (Fsp3) is 0.550. The van der Waals surface area contributed by atoms with Gasteiger partial charge in [-0.05, 0) is 51.4 Å². The van der Waals surface area contributed by atoms with E-state index in [0.29, 0.717) is 6.61 Å². The van der Waals surface area contributed by atoms with Gasteiger partial charge < -0.3 is 10.2 Å². The van der Waals surface area contributed by atoms with Gasteiger partial charge in [-0.2, -0.15) is 0 Å². The van der Waals surface area contributed by atoms with Crippen LogP contribution >= 0.6 is 0 Å². The molecule has 0 aromatic carbocycles. The third-order valence-electron chi connectivity index (χ3n) is 3.31. The van der Waals surface area contributed by atoms with Gasteiger partial charge in [0.25, 0.3) is 0 Å². The summed E-state index contributed by atoms with van der Waals surface area (Å²) < 4.78 is 0. The zero-order valence-electron chi connectivity index (χ0n) is 14.2. The predicted molar refractivity (Wildman–Crippen MR) is 97.5 cm³/mol. The maximum absolute atomic E-state index is 10.3. The van der Waals surface area contributed by atoms with Gasteiger partial charge in [0.15, 0.2) is 0 Å². The summed E-state index contributed by atoms with van der Waals surface area (Å²) in [6.07, 6.45) is 26.1. The number of allylic oxidation sites excluding steroid dienone is 8. The second-order valence-corrected chi connectivity index (χ2v) is 5.50. The van der Waals surface area contributed by atoms with Gasteiger partial charge in [-0.3, -0.25) is 4.79 Å². The Morgan fingerprint density at radius 2 is 1.22 bits per heavy atom. The molecule has 0 amide bonds. The smallest absolute Gasteiger partial charge is 0.303 e. The van der Waals surface area contributed by atoms with E-state index in [2.05, 4.69) is 30.4 Å². The Kier molecular flexibility index (Phi) is 17.1. The first-order valence-corrected chi connectivity index (χ1v) is 8.73. The van der Waals surface area contributed by atoms with Gasteiger partial charge >= 0.3 is 5.97 Å². The van der Waals surface area contributed by atoms with Crippen molar-refractivity contribution in [2.45, 2.75) is 64.2 Å². The zero-order valence-corrected chi connectivity index (χ0v) is 14.2. The number of hydrogen-bond donors (Lipinski definition) is 2. The molecule has 0 saturated heterocycles. The number of rotatable bonds is 15. The van der Waals surface area contributed by atoms with Crippen molar-refractivity contribution in [3.8, 4) is 0 Å². The molecule has 0 fully saturated rings. The first-order valence-electron chi connectivity index (χ1n) is 8.73. The van der Waals surface area contributed by atoms with E-state index >= 15 is 0 Å². The standard InChI is InChI=1S/C20H32O3/c21-19-17-15-13-11-9-7-5-3-1-2-4-6-8-10-12-14-16-18-20(22)23/h1-2,4,6-10,21H,3,5,11-19H2,(H,22,23). The SMILES string of the molecule is O=C(O)CCCCC=CC=CC=CCCC=CCCCCCO. The van der Waals surface area contributed by atoms with Crippen LogP contribution in [0.2, 0.25) is 0 Å². The Balaban J connectivity index is 3.41. The second-order valence-electron chi connectivity index (χ2n) is 5.50. The summed E-state index contributed by atoms with van der Waals surface area (Å²) in [4.78, 5) is 10.3. The highest BCUT2D eigenvalue weighted by Crippen LogP contribution is 2.02. The molecule has 0 heterocycles. The number of unbranched alkanes of at least 4 members (excludes halogenated alkanes) is 6. The number of aliphatic hydroxyl groups excluding tert-OH is 1. The molecule has 3 nitrogen and oxygen atoms in total. The van der Waals surface area contributed by atoms with E-state index < -0.39 is 5.97 Å². The number of hydrogen-bond acceptors (Lipinski definition) is 2. The lowest BCUT2D eigenvalue weighted by molar-refractivity contribution is -0.137. The van der Waals surface area contributed by atoms with E-state index in [1.54, 1.807) is 0 Å². The van der Waals surface area contributed by atoms with Crippen LogP contribution < -0.4 is 0 Å². The summed E-state index contributed by atoms with van der Waals surface area (Å²) in [7, 11) is 0. The van der Waals surface area contributed by atoms with Crippen molar-refractivity contribution < 1.29 is 15.0 Å². The van der Waals surface area contributed by atoms with Crippen LogP contribution in [0, 0.1) is 0 Å². The fourth-order valence-corrected chi connectivity index (χ4v) is 2.00. The van der Waals surface area contributed by atoms with Crippen LogP contribution in [-0.2, 0) is 4.79 Å². The maximum Gasteiger partial charge on any atom is 0.303 e. The normalized spacial score (nSPS) is 12.4. The van der Waals surface area contributed by atoms with Crippen molar-refractivity contribution in [3.05, 3.63) is 48.6 Å². The summed E-state index contributed by atoms with van der Waals surface area (Å²) in [5.41, 5.74) is 0. The first-order chi connectivity index (χ1) is 11.3. The summed E-state index contributed by atoms with van der Waals surface area (Å²) in [5, 5.41) is 17.2. The highest BCUT2D eigenvalue weighted by atomic mass is 16.4. The van der Waals surface area contributed by atoms with E-state index in [4.69, 9.17) is 10.2 Å². The molecule has 0 unspecified atom stereocenters.